The number of methoxy groups -OCH3 is 2. The van der Waals surface area contributed by atoms with Crippen LogP contribution in [-0.2, 0) is 76.3 Å². The van der Waals surface area contributed by atoms with Crippen molar-refractivity contribution in [3.8, 4) is 0 Å². The van der Waals surface area contributed by atoms with Crippen molar-refractivity contribution < 1.29 is 85.8 Å². The van der Waals surface area contributed by atoms with Gasteiger partial charge in [-0.05, 0) is 139 Å². The summed E-state index contributed by atoms with van der Waals surface area (Å²) >= 11 is 25.1. The van der Waals surface area contributed by atoms with E-state index in [2.05, 4.69) is 41.9 Å². The highest BCUT2D eigenvalue weighted by Crippen LogP contribution is 2.28. The van der Waals surface area contributed by atoms with Crippen molar-refractivity contribution in [3.63, 3.8) is 0 Å². The third-order valence-electron chi connectivity index (χ3n) is 13.9. The van der Waals surface area contributed by atoms with Crippen LogP contribution in [-0.4, -0.2) is 186 Å². The van der Waals surface area contributed by atoms with Gasteiger partial charge in [0.05, 0.1) is 92.0 Å². The molecule has 4 atom stereocenters. The topological polar surface area (TPSA) is 349 Å². The lowest BCUT2D eigenvalue weighted by Gasteiger charge is -2.27. The van der Waals surface area contributed by atoms with Gasteiger partial charge in [-0.3, -0.25) is 48.2 Å². The molecule has 28 nitrogen and oxygen atoms in total. The number of unbranched alkanes of at least 4 members (excludes halogenated alkanes) is 2. The first kappa shape index (κ1) is 84.5. The van der Waals surface area contributed by atoms with Crippen LogP contribution in [0.1, 0.15) is 129 Å². The number of pyridine rings is 2. The molecule has 4 rings (SSSR count). The quantitative estimate of drug-likeness (QED) is 0.0137. The number of halogens is 4. The summed E-state index contributed by atoms with van der Waals surface area (Å²) in [5.41, 5.74) is -0.730. The van der Waals surface area contributed by atoms with Crippen molar-refractivity contribution in [2.75, 3.05) is 103 Å². The standard InChI is InChI=1S/C68H92Cl4N10O18/c1-67(2,3)99-65(91)81(55-17-9-13-23-73-55)27-15-11-19-59(85)77-53(63(89)79-51(41-61(87)93-7)45-35-47(69)39-48(70)36-45)43-97-33-31-95-29-25-75-57(83)21-22-58(84)76-26-30-96-32-34-98-44-54(64(90)80-52(42-62(88)94-8)46-37-49(71)40-50(72)38-46)78-60(86)20-12-16-28-82(56-18-10-14-24-74-56)66(92)100-68(4,5)6/h9-10,13-14,17-18,23-24,35-40,51-54H,11-12,15-16,19-22,25-34,41-44H2,1-8H3,(H,75,83)(H,76,84)(H,77,85)(H,78,86)(H,79,89)(H,80,90)/t51?,52?,53-,54-/m0/s1. The van der Waals surface area contributed by atoms with E-state index in [9.17, 15) is 47.9 Å². The number of anilines is 2. The Hall–Kier alpha value is -7.96. The maximum Gasteiger partial charge on any atom is 0.416 e. The zero-order valence-electron chi connectivity index (χ0n) is 57.6. The fourth-order valence-corrected chi connectivity index (χ4v) is 10.2. The summed E-state index contributed by atoms with van der Waals surface area (Å²) in [6, 6.07) is 14.9. The predicted molar refractivity (Wildman–Crippen MR) is 374 cm³/mol. The van der Waals surface area contributed by atoms with Gasteiger partial charge in [0.15, 0.2) is 0 Å². The van der Waals surface area contributed by atoms with Gasteiger partial charge < -0.3 is 69.8 Å². The number of benzene rings is 2. The van der Waals surface area contributed by atoms with E-state index in [0.29, 0.717) is 48.4 Å². The molecule has 8 amide bonds. The van der Waals surface area contributed by atoms with Crippen LogP contribution in [0.4, 0.5) is 21.2 Å². The van der Waals surface area contributed by atoms with Gasteiger partial charge >= 0.3 is 24.1 Å². The molecule has 2 aromatic heterocycles. The summed E-state index contributed by atoms with van der Waals surface area (Å²) in [4.78, 5) is 142. The normalized spacial score (nSPS) is 12.5. The Kier molecular flexibility index (Phi) is 38.0. The zero-order chi connectivity index (χ0) is 73.6. The molecule has 0 bridgehead atoms. The van der Waals surface area contributed by atoms with Gasteiger partial charge in [-0.1, -0.05) is 58.5 Å². The van der Waals surface area contributed by atoms with Crippen molar-refractivity contribution in [2.45, 2.75) is 141 Å². The molecule has 0 aliphatic heterocycles. The first-order chi connectivity index (χ1) is 47.5. The SMILES string of the molecule is COC(=O)CC(NC(=O)[C@H](COCCOCCNC(=O)CCC(=O)NCCOCCOC[C@H](NC(=O)CCCCN(C(=O)OC(C)(C)C)c1ccccn1)C(=O)NC(CC(=O)OC)c1cc(Cl)cc(Cl)c1)NC(=O)CCCCN(C(=O)OC(C)(C)C)c1ccccn1)c1cc(Cl)cc(Cl)c1. The first-order valence-electron chi connectivity index (χ1n) is 32.5. The lowest BCUT2D eigenvalue weighted by Crippen LogP contribution is -2.50. The number of esters is 2. The number of aromatic nitrogens is 2. The van der Waals surface area contributed by atoms with E-state index in [-0.39, 0.29) is 138 Å². The molecule has 0 saturated carbocycles. The van der Waals surface area contributed by atoms with Crippen LogP contribution in [0.15, 0.2) is 85.2 Å². The predicted octanol–water partition coefficient (Wildman–Crippen LogP) is 8.50. The molecule has 6 N–H and O–H groups in total. The minimum absolute atomic E-state index is 0.0271. The molecule has 550 valence electrons. The molecule has 0 aliphatic carbocycles. The van der Waals surface area contributed by atoms with Crippen LogP contribution in [0.3, 0.4) is 0 Å². The Bertz CT molecular complexity index is 3020. The van der Waals surface area contributed by atoms with Crippen molar-refractivity contribution in [1.29, 1.82) is 0 Å². The van der Waals surface area contributed by atoms with Crippen molar-refractivity contribution in [2.24, 2.45) is 0 Å². The third-order valence-corrected chi connectivity index (χ3v) is 14.8. The third kappa shape index (κ3) is 34.9. The van der Waals surface area contributed by atoms with Crippen LogP contribution >= 0.6 is 46.4 Å². The highest BCUT2D eigenvalue weighted by Gasteiger charge is 2.31. The zero-order valence-corrected chi connectivity index (χ0v) is 60.6. The summed E-state index contributed by atoms with van der Waals surface area (Å²) in [7, 11) is 2.40. The Morgan fingerprint density at radius 2 is 0.810 bits per heavy atom. The number of rotatable bonds is 43. The summed E-state index contributed by atoms with van der Waals surface area (Å²) in [6.45, 7) is 10.5. The molecule has 0 spiro atoms. The van der Waals surface area contributed by atoms with Crippen LogP contribution in [0.5, 0.6) is 0 Å². The number of hydrogen-bond acceptors (Lipinski definition) is 20. The number of carbonyl (C=O) groups is 10. The molecule has 2 aromatic carbocycles. The van der Waals surface area contributed by atoms with Gasteiger partial charge in [-0.15, -0.1) is 0 Å². The molecule has 0 radical (unpaired) electrons. The average Bonchev–Trinajstić information content (AvgIpc) is 0.866. The number of nitrogens with zero attached hydrogens (tertiary/aromatic N) is 4. The number of nitrogens with one attached hydrogen (secondary N) is 6. The minimum atomic E-state index is -1.26. The Labute approximate surface area is 602 Å². The van der Waals surface area contributed by atoms with E-state index in [1.165, 1.54) is 60.4 Å². The number of carbonyl (C=O) groups excluding carboxylic acids is 10. The summed E-state index contributed by atoms with van der Waals surface area (Å²) in [5.74, 6) is -3.75. The maximum absolute atomic E-state index is 13.9. The Balaban J connectivity index is 1.20. The van der Waals surface area contributed by atoms with E-state index in [1.54, 1.807) is 90.3 Å². The average molecular weight is 1480 g/mol. The lowest BCUT2D eigenvalue weighted by molar-refractivity contribution is -0.142. The van der Waals surface area contributed by atoms with Crippen LogP contribution in [0.25, 0.3) is 0 Å². The molecular formula is C68H92Cl4N10O18. The second-order valence-electron chi connectivity index (χ2n) is 24.5. The Morgan fingerprint density at radius 1 is 0.450 bits per heavy atom. The monoisotopic (exact) mass is 1480 g/mol. The molecular weight excluding hydrogens is 1390 g/mol. The molecule has 0 aliphatic rings. The van der Waals surface area contributed by atoms with E-state index >= 15 is 0 Å². The van der Waals surface area contributed by atoms with Crippen LogP contribution < -0.4 is 41.7 Å². The highest BCUT2D eigenvalue weighted by molar-refractivity contribution is 6.35. The van der Waals surface area contributed by atoms with Gasteiger partial charge in [0.25, 0.3) is 0 Å². The van der Waals surface area contributed by atoms with Gasteiger partial charge in [0.2, 0.25) is 35.4 Å². The summed E-state index contributed by atoms with van der Waals surface area (Å²) in [6.07, 6.45) is 2.34. The smallest absolute Gasteiger partial charge is 0.416 e. The molecule has 32 heteroatoms. The minimum Gasteiger partial charge on any atom is -0.469 e. The largest absolute Gasteiger partial charge is 0.469 e. The van der Waals surface area contributed by atoms with E-state index < -0.39 is 94.9 Å². The van der Waals surface area contributed by atoms with Gasteiger partial charge in [-0.2, -0.15) is 0 Å². The van der Waals surface area contributed by atoms with Gasteiger partial charge in [-0.25, -0.2) is 19.6 Å². The van der Waals surface area contributed by atoms with Crippen molar-refractivity contribution in [1.82, 2.24) is 41.9 Å². The first-order valence-corrected chi connectivity index (χ1v) is 34.0. The van der Waals surface area contributed by atoms with Gasteiger partial charge in [0.1, 0.15) is 34.9 Å². The molecule has 0 fully saturated rings. The van der Waals surface area contributed by atoms with Crippen LogP contribution in [0, 0.1) is 0 Å². The molecule has 4 aromatic rings. The Morgan fingerprint density at radius 3 is 1.14 bits per heavy atom. The van der Waals surface area contributed by atoms with E-state index in [0.717, 1.165) is 0 Å². The second-order valence-corrected chi connectivity index (χ2v) is 26.2. The summed E-state index contributed by atoms with van der Waals surface area (Å²) < 4.78 is 43.7. The van der Waals surface area contributed by atoms with E-state index in [4.69, 9.17) is 84.3 Å². The number of ether oxygens (including phenoxy) is 8. The van der Waals surface area contributed by atoms with Crippen LogP contribution in [0.2, 0.25) is 20.1 Å². The van der Waals surface area contributed by atoms with Crippen molar-refractivity contribution >= 4 is 118 Å². The number of hydrogen-bond donors (Lipinski definition) is 6. The second kappa shape index (κ2) is 45.0. The van der Waals surface area contributed by atoms with Gasteiger partial charge in [0, 0.05) is 84.3 Å². The molecule has 0 saturated heterocycles. The van der Waals surface area contributed by atoms with E-state index in [1.807, 2.05) is 0 Å². The fourth-order valence-electron chi connectivity index (χ4n) is 9.14. The summed E-state index contributed by atoms with van der Waals surface area (Å²) in [5, 5.41) is 17.3. The number of amides is 8. The fraction of sp³-hybridized carbons (Fsp3) is 0.529. The molecule has 2 unspecified atom stereocenters. The van der Waals surface area contributed by atoms with Crippen molar-refractivity contribution in [3.05, 3.63) is 116 Å². The molecule has 100 heavy (non-hydrogen) atoms. The molecule has 2 heterocycles. The highest BCUT2D eigenvalue weighted by atomic mass is 35.5. The maximum atomic E-state index is 13.9. The lowest BCUT2D eigenvalue weighted by atomic mass is 10.0.